The average molecular weight is 261 g/mol. The van der Waals surface area contributed by atoms with E-state index in [4.69, 9.17) is 4.74 Å². The fraction of sp³-hybridized carbons (Fsp3) is 0.0556. The Morgan fingerprint density at radius 2 is 1.40 bits per heavy atom. The zero-order valence-corrected chi connectivity index (χ0v) is 11.3. The van der Waals surface area contributed by atoms with Crippen LogP contribution < -0.4 is 4.74 Å². The van der Waals surface area contributed by atoms with Crippen LogP contribution in [0.3, 0.4) is 0 Å². The maximum atomic E-state index is 5.77. The van der Waals surface area contributed by atoms with Crippen LogP contribution in [0.25, 0.3) is 11.3 Å². The van der Waals surface area contributed by atoms with Crippen LogP contribution in [0.1, 0.15) is 5.69 Å². The Bertz CT molecular complexity index is 690. The maximum absolute atomic E-state index is 5.77. The van der Waals surface area contributed by atoms with Crippen molar-refractivity contribution in [3.05, 3.63) is 78.5 Å². The molecule has 0 bridgehead atoms. The van der Waals surface area contributed by atoms with Gasteiger partial charge in [-0.1, -0.05) is 24.3 Å². The molecule has 0 aliphatic heterocycles. The molecule has 0 unspecified atom stereocenters. The van der Waals surface area contributed by atoms with Crippen LogP contribution >= 0.6 is 0 Å². The number of pyridine rings is 1. The molecular weight excluding hydrogens is 246 g/mol. The van der Waals surface area contributed by atoms with Crippen molar-refractivity contribution in [1.29, 1.82) is 0 Å². The number of ether oxygens (including phenoxy) is 1. The lowest BCUT2D eigenvalue weighted by Crippen LogP contribution is -1.87. The van der Waals surface area contributed by atoms with Gasteiger partial charge < -0.3 is 4.74 Å². The van der Waals surface area contributed by atoms with E-state index in [1.807, 2.05) is 79.7 Å². The van der Waals surface area contributed by atoms with Gasteiger partial charge in [-0.05, 0) is 55.5 Å². The van der Waals surface area contributed by atoms with E-state index < -0.39 is 0 Å². The molecule has 2 nitrogen and oxygen atoms in total. The number of hydrogen-bond donors (Lipinski definition) is 0. The molecule has 0 amide bonds. The minimum absolute atomic E-state index is 0.826. The minimum atomic E-state index is 0.826. The second-order valence-electron chi connectivity index (χ2n) is 4.60. The topological polar surface area (TPSA) is 22.1 Å². The van der Waals surface area contributed by atoms with Gasteiger partial charge in [0.2, 0.25) is 0 Å². The molecule has 0 N–H and O–H groups in total. The summed E-state index contributed by atoms with van der Waals surface area (Å²) < 4.78 is 5.77. The average Bonchev–Trinajstić information content (AvgIpc) is 2.49. The van der Waals surface area contributed by atoms with Crippen molar-refractivity contribution in [3.63, 3.8) is 0 Å². The monoisotopic (exact) mass is 261 g/mol. The summed E-state index contributed by atoms with van der Waals surface area (Å²) in [4.78, 5) is 4.52. The molecule has 0 saturated carbocycles. The zero-order chi connectivity index (χ0) is 13.8. The molecule has 20 heavy (non-hydrogen) atoms. The molecule has 3 aromatic rings. The van der Waals surface area contributed by atoms with Gasteiger partial charge in [-0.15, -0.1) is 0 Å². The lowest BCUT2D eigenvalue weighted by molar-refractivity contribution is 0.483. The first-order valence-corrected chi connectivity index (χ1v) is 6.58. The number of benzene rings is 2. The highest BCUT2D eigenvalue weighted by molar-refractivity contribution is 5.60. The number of para-hydroxylation sites is 1. The lowest BCUT2D eigenvalue weighted by Gasteiger charge is -2.07. The van der Waals surface area contributed by atoms with Crippen molar-refractivity contribution >= 4 is 0 Å². The predicted molar refractivity (Wildman–Crippen MR) is 80.9 cm³/mol. The first kappa shape index (κ1) is 12.4. The second-order valence-corrected chi connectivity index (χ2v) is 4.60. The van der Waals surface area contributed by atoms with Crippen LogP contribution in [0.4, 0.5) is 0 Å². The Balaban J connectivity index is 1.81. The van der Waals surface area contributed by atoms with Gasteiger partial charge in [-0.25, -0.2) is 0 Å². The molecule has 0 spiro atoms. The quantitative estimate of drug-likeness (QED) is 0.672. The van der Waals surface area contributed by atoms with Gasteiger partial charge in [0.05, 0.1) is 5.69 Å². The van der Waals surface area contributed by atoms with Crippen LogP contribution in [-0.4, -0.2) is 4.98 Å². The fourth-order valence-corrected chi connectivity index (χ4v) is 2.02. The molecule has 2 aromatic carbocycles. The molecule has 1 aromatic heterocycles. The van der Waals surface area contributed by atoms with Gasteiger partial charge in [0, 0.05) is 11.3 Å². The third-order valence-electron chi connectivity index (χ3n) is 3.02. The number of nitrogens with zero attached hydrogens (tertiary/aromatic N) is 1. The smallest absolute Gasteiger partial charge is 0.127 e. The second kappa shape index (κ2) is 5.57. The highest BCUT2D eigenvalue weighted by atomic mass is 16.5. The molecule has 0 fully saturated rings. The number of hydrogen-bond acceptors (Lipinski definition) is 2. The van der Waals surface area contributed by atoms with Crippen molar-refractivity contribution in [2.45, 2.75) is 6.92 Å². The van der Waals surface area contributed by atoms with Gasteiger partial charge in [0.15, 0.2) is 0 Å². The van der Waals surface area contributed by atoms with Gasteiger partial charge >= 0.3 is 0 Å². The molecular formula is C18H15NO. The van der Waals surface area contributed by atoms with Crippen LogP contribution in [0.2, 0.25) is 0 Å². The fourth-order valence-electron chi connectivity index (χ4n) is 2.02. The third kappa shape index (κ3) is 2.86. The molecule has 2 heteroatoms. The van der Waals surface area contributed by atoms with Crippen LogP contribution in [0, 0.1) is 6.92 Å². The summed E-state index contributed by atoms with van der Waals surface area (Å²) in [5, 5.41) is 0. The van der Waals surface area contributed by atoms with E-state index >= 15 is 0 Å². The summed E-state index contributed by atoms with van der Waals surface area (Å²) in [6.07, 6.45) is 0. The maximum Gasteiger partial charge on any atom is 0.127 e. The number of rotatable bonds is 3. The molecule has 0 aliphatic carbocycles. The first-order chi connectivity index (χ1) is 9.81. The highest BCUT2D eigenvalue weighted by Gasteiger charge is 2.01. The Morgan fingerprint density at radius 3 is 2.10 bits per heavy atom. The number of aromatic nitrogens is 1. The van der Waals surface area contributed by atoms with Crippen LogP contribution in [0.5, 0.6) is 11.5 Å². The lowest BCUT2D eigenvalue weighted by atomic mass is 10.1. The van der Waals surface area contributed by atoms with E-state index in [2.05, 4.69) is 4.98 Å². The highest BCUT2D eigenvalue weighted by Crippen LogP contribution is 2.24. The van der Waals surface area contributed by atoms with Crippen molar-refractivity contribution in [1.82, 2.24) is 4.98 Å². The summed E-state index contributed by atoms with van der Waals surface area (Å²) in [5.41, 5.74) is 3.09. The molecule has 0 saturated heterocycles. The Kier molecular flexibility index (Phi) is 3.46. The predicted octanol–water partition coefficient (Wildman–Crippen LogP) is 4.85. The van der Waals surface area contributed by atoms with Crippen molar-refractivity contribution in [2.24, 2.45) is 0 Å². The standard InChI is InChI=1S/C18H15NO/c1-14-6-5-9-18(19-14)15-10-12-17(13-11-15)20-16-7-3-2-4-8-16/h2-13H,1H3. The molecule has 98 valence electrons. The van der Waals surface area contributed by atoms with E-state index in [9.17, 15) is 0 Å². The van der Waals surface area contributed by atoms with Crippen LogP contribution in [0.15, 0.2) is 72.8 Å². The summed E-state index contributed by atoms with van der Waals surface area (Å²) in [7, 11) is 0. The summed E-state index contributed by atoms with van der Waals surface area (Å²) in [5.74, 6) is 1.67. The molecule has 0 radical (unpaired) electrons. The van der Waals surface area contributed by atoms with Crippen molar-refractivity contribution in [3.8, 4) is 22.8 Å². The molecule has 0 aliphatic rings. The van der Waals surface area contributed by atoms with Crippen molar-refractivity contribution in [2.75, 3.05) is 0 Å². The summed E-state index contributed by atoms with van der Waals surface area (Å²) in [6, 6.07) is 23.8. The first-order valence-electron chi connectivity index (χ1n) is 6.58. The Morgan fingerprint density at radius 1 is 0.700 bits per heavy atom. The van der Waals surface area contributed by atoms with Gasteiger partial charge in [0.1, 0.15) is 11.5 Å². The van der Waals surface area contributed by atoms with E-state index in [0.717, 1.165) is 28.5 Å². The largest absolute Gasteiger partial charge is 0.457 e. The van der Waals surface area contributed by atoms with E-state index in [1.54, 1.807) is 0 Å². The summed E-state index contributed by atoms with van der Waals surface area (Å²) >= 11 is 0. The Hall–Kier alpha value is -2.61. The summed E-state index contributed by atoms with van der Waals surface area (Å²) in [6.45, 7) is 2.00. The third-order valence-corrected chi connectivity index (χ3v) is 3.02. The molecule has 1 heterocycles. The normalized spacial score (nSPS) is 10.2. The van der Waals surface area contributed by atoms with E-state index in [1.165, 1.54) is 0 Å². The van der Waals surface area contributed by atoms with Crippen LogP contribution in [-0.2, 0) is 0 Å². The van der Waals surface area contributed by atoms with E-state index in [0.29, 0.717) is 0 Å². The zero-order valence-electron chi connectivity index (χ0n) is 11.3. The Labute approximate surface area is 118 Å². The van der Waals surface area contributed by atoms with Crippen molar-refractivity contribution < 1.29 is 4.74 Å². The molecule has 0 atom stereocenters. The minimum Gasteiger partial charge on any atom is -0.457 e. The van der Waals surface area contributed by atoms with Gasteiger partial charge in [0.25, 0.3) is 0 Å². The number of aryl methyl sites for hydroxylation is 1. The SMILES string of the molecule is Cc1cccc(-c2ccc(Oc3ccccc3)cc2)n1. The van der Waals surface area contributed by atoms with E-state index in [-0.39, 0.29) is 0 Å². The van der Waals surface area contributed by atoms with Gasteiger partial charge in [-0.2, -0.15) is 0 Å². The molecule has 3 rings (SSSR count). The van der Waals surface area contributed by atoms with Gasteiger partial charge in [-0.3, -0.25) is 4.98 Å².